The molecule has 1 heterocycles. The van der Waals surface area contributed by atoms with E-state index in [9.17, 15) is 0 Å². The van der Waals surface area contributed by atoms with E-state index in [1.807, 2.05) is 0 Å². The molecule has 0 aromatic rings. The highest BCUT2D eigenvalue weighted by molar-refractivity contribution is 5.36. The molecule has 16 heavy (non-hydrogen) atoms. The van der Waals surface area contributed by atoms with Crippen LogP contribution in [0.2, 0.25) is 0 Å². The summed E-state index contributed by atoms with van der Waals surface area (Å²) in [6.07, 6.45) is 11.0. The fourth-order valence-electron chi connectivity index (χ4n) is 3.03. The summed E-state index contributed by atoms with van der Waals surface area (Å²) in [6, 6.07) is 0. The number of hydrogen-bond donors (Lipinski definition) is 1. The van der Waals surface area contributed by atoms with Crippen LogP contribution in [-0.4, -0.2) is 6.54 Å². The maximum absolute atomic E-state index is 3.52. The number of rotatable bonds is 6. The van der Waals surface area contributed by atoms with E-state index in [0.717, 1.165) is 6.54 Å². The maximum atomic E-state index is 3.52. The molecular formula is C15H27N. The quantitative estimate of drug-likeness (QED) is 0.700. The van der Waals surface area contributed by atoms with Crippen molar-refractivity contribution in [2.45, 2.75) is 59.8 Å². The molecule has 92 valence electrons. The summed E-state index contributed by atoms with van der Waals surface area (Å²) in [6.45, 7) is 10.3. The molecule has 0 spiro atoms. The molecule has 0 amide bonds. The van der Waals surface area contributed by atoms with Gasteiger partial charge in [0.25, 0.3) is 0 Å². The molecule has 1 heteroatoms. The van der Waals surface area contributed by atoms with Crippen LogP contribution in [0.25, 0.3) is 0 Å². The summed E-state index contributed by atoms with van der Waals surface area (Å²) >= 11 is 0. The predicted molar refractivity (Wildman–Crippen MR) is 72.4 cm³/mol. The molecule has 0 atom stereocenters. The van der Waals surface area contributed by atoms with Crippen molar-refractivity contribution in [3.63, 3.8) is 0 Å². The Morgan fingerprint density at radius 2 is 2.00 bits per heavy atom. The van der Waals surface area contributed by atoms with E-state index >= 15 is 0 Å². The second-order valence-electron chi connectivity index (χ2n) is 5.10. The van der Waals surface area contributed by atoms with E-state index in [0.29, 0.717) is 5.41 Å². The van der Waals surface area contributed by atoms with Crippen LogP contribution in [0.3, 0.4) is 0 Å². The molecule has 1 aliphatic heterocycles. The molecule has 1 aliphatic rings. The van der Waals surface area contributed by atoms with Crippen LogP contribution in [-0.2, 0) is 0 Å². The van der Waals surface area contributed by atoms with Gasteiger partial charge in [-0.1, -0.05) is 45.8 Å². The highest BCUT2D eigenvalue weighted by Crippen LogP contribution is 2.40. The Balaban J connectivity index is 2.89. The first-order chi connectivity index (χ1) is 7.68. The molecule has 0 aromatic carbocycles. The Labute approximate surface area is 101 Å². The van der Waals surface area contributed by atoms with Crippen molar-refractivity contribution >= 4 is 0 Å². The van der Waals surface area contributed by atoms with E-state index in [4.69, 9.17) is 0 Å². The van der Waals surface area contributed by atoms with Gasteiger partial charge < -0.3 is 5.32 Å². The number of nitrogens with one attached hydrogen (secondary N) is 1. The topological polar surface area (TPSA) is 12.0 Å². The van der Waals surface area contributed by atoms with Gasteiger partial charge in [0, 0.05) is 12.2 Å². The smallest absolute Gasteiger partial charge is 0.0335 e. The average Bonchev–Trinajstić information content (AvgIpc) is 2.72. The Morgan fingerprint density at radius 3 is 2.38 bits per heavy atom. The second kappa shape index (κ2) is 6.12. The minimum atomic E-state index is 0.363. The summed E-state index contributed by atoms with van der Waals surface area (Å²) in [5.74, 6) is 0. The van der Waals surface area contributed by atoms with Crippen LogP contribution in [0, 0.1) is 5.41 Å². The van der Waals surface area contributed by atoms with E-state index < -0.39 is 0 Å². The molecule has 0 radical (unpaired) electrons. The van der Waals surface area contributed by atoms with E-state index in [1.54, 1.807) is 0 Å². The van der Waals surface area contributed by atoms with Crippen LogP contribution in [0.1, 0.15) is 59.8 Å². The van der Waals surface area contributed by atoms with E-state index in [1.165, 1.54) is 43.4 Å². The van der Waals surface area contributed by atoms with Crippen LogP contribution < -0.4 is 5.32 Å². The largest absolute Gasteiger partial charge is 0.385 e. The lowest BCUT2D eigenvalue weighted by Crippen LogP contribution is -2.24. The molecule has 0 saturated heterocycles. The third-order valence-electron chi connectivity index (χ3n) is 3.64. The van der Waals surface area contributed by atoms with Crippen LogP contribution in [0.5, 0.6) is 0 Å². The van der Waals surface area contributed by atoms with Crippen LogP contribution in [0.4, 0.5) is 0 Å². The van der Waals surface area contributed by atoms with Gasteiger partial charge in [0.1, 0.15) is 0 Å². The minimum absolute atomic E-state index is 0.363. The summed E-state index contributed by atoms with van der Waals surface area (Å²) in [7, 11) is 0. The lowest BCUT2D eigenvalue weighted by molar-refractivity contribution is 0.329. The maximum Gasteiger partial charge on any atom is 0.0335 e. The molecule has 1 N–H and O–H groups in total. The fourth-order valence-corrected chi connectivity index (χ4v) is 3.03. The van der Waals surface area contributed by atoms with Crippen molar-refractivity contribution in [1.29, 1.82) is 0 Å². The van der Waals surface area contributed by atoms with Gasteiger partial charge in [0.2, 0.25) is 0 Å². The van der Waals surface area contributed by atoms with Crippen molar-refractivity contribution in [3.05, 3.63) is 23.4 Å². The summed E-state index contributed by atoms with van der Waals surface area (Å²) < 4.78 is 0. The number of hydrogen-bond acceptors (Lipinski definition) is 1. The zero-order valence-electron chi connectivity index (χ0n) is 11.4. The van der Waals surface area contributed by atoms with Crippen LogP contribution >= 0.6 is 0 Å². The molecule has 0 aliphatic carbocycles. The van der Waals surface area contributed by atoms with Crippen molar-refractivity contribution in [2.24, 2.45) is 5.41 Å². The van der Waals surface area contributed by atoms with Gasteiger partial charge in [-0.05, 0) is 37.2 Å². The third-order valence-corrected chi connectivity index (χ3v) is 3.64. The van der Waals surface area contributed by atoms with Gasteiger partial charge in [-0.15, -0.1) is 0 Å². The first-order valence-corrected chi connectivity index (χ1v) is 6.79. The molecule has 0 bridgehead atoms. The molecular weight excluding hydrogens is 194 g/mol. The van der Waals surface area contributed by atoms with Gasteiger partial charge in [-0.25, -0.2) is 0 Å². The Hall–Kier alpha value is -0.720. The Kier molecular flexibility index (Phi) is 5.11. The van der Waals surface area contributed by atoms with Crippen molar-refractivity contribution < 1.29 is 0 Å². The standard InChI is InChI=1S/C15H27N/c1-5-10-15(4,11-6-2)13(7-3)14-9-8-12-16-14/h7,9,16H,5-6,8,10-12H2,1-4H3/b13-7-. The SMILES string of the molecule is C/C=C(/C1=CCCN1)C(C)(CCC)CCC. The van der Waals surface area contributed by atoms with Crippen molar-refractivity contribution in [2.75, 3.05) is 6.54 Å². The summed E-state index contributed by atoms with van der Waals surface area (Å²) in [5.41, 5.74) is 3.29. The molecule has 0 saturated carbocycles. The number of allylic oxidation sites excluding steroid dienone is 2. The van der Waals surface area contributed by atoms with Crippen LogP contribution in [0.15, 0.2) is 23.4 Å². The Bertz CT molecular complexity index is 267. The molecule has 1 rings (SSSR count). The van der Waals surface area contributed by atoms with E-state index in [-0.39, 0.29) is 0 Å². The molecule has 0 aromatic heterocycles. The highest BCUT2D eigenvalue weighted by atomic mass is 14.9. The highest BCUT2D eigenvalue weighted by Gasteiger charge is 2.29. The normalized spacial score (nSPS) is 17.2. The van der Waals surface area contributed by atoms with Gasteiger partial charge in [-0.2, -0.15) is 0 Å². The molecule has 1 nitrogen and oxygen atoms in total. The van der Waals surface area contributed by atoms with Gasteiger partial charge in [0.15, 0.2) is 0 Å². The molecule has 0 unspecified atom stereocenters. The van der Waals surface area contributed by atoms with Gasteiger partial charge in [0.05, 0.1) is 0 Å². The monoisotopic (exact) mass is 221 g/mol. The lowest BCUT2D eigenvalue weighted by atomic mass is 9.73. The second-order valence-corrected chi connectivity index (χ2v) is 5.10. The first-order valence-electron chi connectivity index (χ1n) is 6.79. The first kappa shape index (κ1) is 13.3. The molecule has 0 fully saturated rings. The fraction of sp³-hybridized carbons (Fsp3) is 0.733. The van der Waals surface area contributed by atoms with Crippen molar-refractivity contribution in [3.8, 4) is 0 Å². The van der Waals surface area contributed by atoms with Gasteiger partial charge >= 0.3 is 0 Å². The Morgan fingerprint density at radius 1 is 1.38 bits per heavy atom. The van der Waals surface area contributed by atoms with E-state index in [2.05, 4.69) is 45.2 Å². The predicted octanol–water partition coefficient (Wildman–Crippen LogP) is 4.42. The summed E-state index contributed by atoms with van der Waals surface area (Å²) in [4.78, 5) is 0. The zero-order valence-corrected chi connectivity index (χ0v) is 11.4. The van der Waals surface area contributed by atoms with Gasteiger partial charge in [-0.3, -0.25) is 0 Å². The minimum Gasteiger partial charge on any atom is -0.385 e. The average molecular weight is 221 g/mol. The third kappa shape index (κ3) is 2.90. The summed E-state index contributed by atoms with van der Waals surface area (Å²) in [5, 5.41) is 3.52. The van der Waals surface area contributed by atoms with Crippen molar-refractivity contribution in [1.82, 2.24) is 5.32 Å². The zero-order chi connectivity index (χ0) is 12.0. The lowest BCUT2D eigenvalue weighted by Gasteiger charge is -2.33.